The highest BCUT2D eigenvalue weighted by Gasteiger charge is 2.41. The van der Waals surface area contributed by atoms with Gasteiger partial charge in [0.1, 0.15) is 18.3 Å². The monoisotopic (exact) mass is 250 g/mol. The molecule has 0 N–H and O–H groups in total. The standard InChI is InChI=1S/C7H10N2O8/c1-4(10)15-5-2-6(16-8(11)12)7(3-5)17-9(13)14/h5-7H,2-3H2,1H3. The molecule has 2 unspecified atom stereocenters. The van der Waals surface area contributed by atoms with E-state index in [-0.39, 0.29) is 12.8 Å². The van der Waals surface area contributed by atoms with Gasteiger partial charge in [-0.25, -0.2) is 0 Å². The van der Waals surface area contributed by atoms with Gasteiger partial charge in [-0.3, -0.25) is 4.79 Å². The Kier molecular flexibility index (Phi) is 4.01. The van der Waals surface area contributed by atoms with Gasteiger partial charge in [-0.15, -0.1) is 20.2 Å². The van der Waals surface area contributed by atoms with Crippen molar-refractivity contribution in [3.05, 3.63) is 20.2 Å². The van der Waals surface area contributed by atoms with E-state index in [9.17, 15) is 25.0 Å². The van der Waals surface area contributed by atoms with Crippen molar-refractivity contribution in [2.24, 2.45) is 0 Å². The van der Waals surface area contributed by atoms with Gasteiger partial charge < -0.3 is 14.4 Å². The summed E-state index contributed by atoms with van der Waals surface area (Å²) in [6, 6.07) is 0. The zero-order chi connectivity index (χ0) is 13.0. The quantitative estimate of drug-likeness (QED) is 0.374. The van der Waals surface area contributed by atoms with Crippen LogP contribution in [0.1, 0.15) is 19.8 Å². The van der Waals surface area contributed by atoms with Crippen molar-refractivity contribution in [1.29, 1.82) is 0 Å². The summed E-state index contributed by atoms with van der Waals surface area (Å²) in [5, 5.41) is 18.2. The van der Waals surface area contributed by atoms with Crippen LogP contribution < -0.4 is 0 Å². The molecular weight excluding hydrogens is 240 g/mol. The van der Waals surface area contributed by atoms with Gasteiger partial charge in [0.15, 0.2) is 0 Å². The third kappa shape index (κ3) is 4.09. The van der Waals surface area contributed by atoms with E-state index >= 15 is 0 Å². The second kappa shape index (κ2) is 5.27. The Labute approximate surface area is 94.6 Å². The molecule has 17 heavy (non-hydrogen) atoms. The number of ether oxygens (including phenoxy) is 1. The second-order valence-electron chi connectivity index (χ2n) is 3.44. The fourth-order valence-electron chi connectivity index (χ4n) is 1.69. The fourth-order valence-corrected chi connectivity index (χ4v) is 1.69. The predicted octanol–water partition coefficient (Wildman–Crippen LogP) is -0.134. The van der Waals surface area contributed by atoms with E-state index < -0.39 is 34.5 Å². The largest absolute Gasteiger partial charge is 0.462 e. The minimum absolute atomic E-state index is 0.0148. The molecule has 0 aromatic heterocycles. The highest BCUT2D eigenvalue weighted by Crippen LogP contribution is 2.28. The highest BCUT2D eigenvalue weighted by atomic mass is 17.0. The van der Waals surface area contributed by atoms with Gasteiger partial charge in [0.25, 0.3) is 10.2 Å². The molecule has 10 heteroatoms. The summed E-state index contributed by atoms with van der Waals surface area (Å²) >= 11 is 0. The average molecular weight is 250 g/mol. The summed E-state index contributed by atoms with van der Waals surface area (Å²) in [5.41, 5.74) is 0. The van der Waals surface area contributed by atoms with Crippen molar-refractivity contribution in [3.63, 3.8) is 0 Å². The lowest BCUT2D eigenvalue weighted by molar-refractivity contribution is -0.797. The van der Waals surface area contributed by atoms with Gasteiger partial charge in [0.2, 0.25) is 0 Å². The van der Waals surface area contributed by atoms with Crippen molar-refractivity contribution in [2.75, 3.05) is 0 Å². The fraction of sp³-hybridized carbons (Fsp3) is 0.857. The number of esters is 1. The molecule has 1 aliphatic carbocycles. The van der Waals surface area contributed by atoms with Gasteiger partial charge in [-0.2, -0.15) is 0 Å². The van der Waals surface area contributed by atoms with E-state index in [4.69, 9.17) is 4.74 Å². The Morgan fingerprint density at radius 2 is 1.53 bits per heavy atom. The molecule has 0 bridgehead atoms. The van der Waals surface area contributed by atoms with Gasteiger partial charge >= 0.3 is 5.97 Å². The Morgan fingerprint density at radius 3 is 1.82 bits per heavy atom. The van der Waals surface area contributed by atoms with Gasteiger partial charge in [0, 0.05) is 19.8 Å². The molecule has 96 valence electrons. The first kappa shape index (κ1) is 12.9. The SMILES string of the molecule is CC(=O)OC1CC(O[N+](=O)[O-])C(O[N+](=O)[O-])C1. The van der Waals surface area contributed by atoms with Crippen molar-refractivity contribution in [3.8, 4) is 0 Å². The maximum Gasteiger partial charge on any atom is 0.302 e. The third-order valence-corrected chi connectivity index (χ3v) is 2.18. The van der Waals surface area contributed by atoms with Gasteiger partial charge in [-0.05, 0) is 0 Å². The van der Waals surface area contributed by atoms with Crippen LogP contribution in [0, 0.1) is 20.2 Å². The van der Waals surface area contributed by atoms with E-state index in [1.165, 1.54) is 6.92 Å². The number of nitrogens with zero attached hydrogens (tertiary/aromatic N) is 2. The maximum absolute atomic E-state index is 10.7. The molecule has 0 aromatic carbocycles. The van der Waals surface area contributed by atoms with Crippen LogP contribution >= 0.6 is 0 Å². The van der Waals surface area contributed by atoms with E-state index in [0.29, 0.717) is 0 Å². The summed E-state index contributed by atoms with van der Waals surface area (Å²) in [5.74, 6) is -0.573. The maximum atomic E-state index is 10.7. The molecule has 0 aromatic rings. The van der Waals surface area contributed by atoms with Gasteiger partial charge in [-0.1, -0.05) is 0 Å². The first-order valence-corrected chi connectivity index (χ1v) is 4.68. The van der Waals surface area contributed by atoms with Crippen LogP contribution in [-0.2, 0) is 19.2 Å². The molecule has 0 amide bonds. The summed E-state index contributed by atoms with van der Waals surface area (Å²) < 4.78 is 4.79. The normalized spacial score (nSPS) is 27.2. The number of carbonyl (C=O) groups is 1. The number of rotatable bonds is 5. The molecule has 10 nitrogen and oxygen atoms in total. The van der Waals surface area contributed by atoms with Crippen molar-refractivity contribution < 1.29 is 29.4 Å². The Bertz CT molecular complexity index is 308. The topological polar surface area (TPSA) is 131 Å². The smallest absolute Gasteiger partial charge is 0.302 e. The van der Waals surface area contributed by atoms with Crippen LogP contribution in [0.3, 0.4) is 0 Å². The number of carbonyl (C=O) groups excluding carboxylic acids is 1. The highest BCUT2D eigenvalue weighted by molar-refractivity contribution is 5.66. The lowest BCUT2D eigenvalue weighted by Gasteiger charge is -2.14. The molecular formula is C7H10N2O8. The van der Waals surface area contributed by atoms with Crippen LogP contribution in [0.2, 0.25) is 0 Å². The van der Waals surface area contributed by atoms with Crippen LogP contribution in [0.25, 0.3) is 0 Å². The summed E-state index contributed by atoms with van der Waals surface area (Å²) in [6.07, 6.45) is -2.93. The van der Waals surface area contributed by atoms with E-state index in [1.54, 1.807) is 0 Å². The zero-order valence-electron chi connectivity index (χ0n) is 8.81. The zero-order valence-corrected chi connectivity index (χ0v) is 8.81. The molecule has 0 heterocycles. The first-order chi connectivity index (χ1) is 7.88. The molecule has 1 rings (SSSR count). The van der Waals surface area contributed by atoms with Crippen molar-refractivity contribution >= 4 is 5.97 Å². The summed E-state index contributed by atoms with van der Waals surface area (Å²) in [7, 11) is 0. The molecule has 0 radical (unpaired) electrons. The minimum atomic E-state index is -1.11. The summed E-state index contributed by atoms with van der Waals surface area (Å²) in [6.45, 7) is 1.17. The molecule has 0 saturated heterocycles. The van der Waals surface area contributed by atoms with Crippen molar-refractivity contribution in [1.82, 2.24) is 0 Å². The van der Waals surface area contributed by atoms with E-state index in [0.717, 1.165) is 0 Å². The number of hydrogen-bond donors (Lipinski definition) is 0. The second-order valence-corrected chi connectivity index (χ2v) is 3.44. The van der Waals surface area contributed by atoms with E-state index in [1.807, 2.05) is 0 Å². The van der Waals surface area contributed by atoms with Crippen LogP contribution in [0.5, 0.6) is 0 Å². The Morgan fingerprint density at radius 1 is 1.12 bits per heavy atom. The Balaban J connectivity index is 2.61. The summed E-state index contributed by atoms with van der Waals surface area (Å²) in [4.78, 5) is 39.5. The van der Waals surface area contributed by atoms with E-state index in [2.05, 4.69) is 9.68 Å². The number of hydrogen-bond acceptors (Lipinski definition) is 8. The predicted molar refractivity (Wildman–Crippen MR) is 48.5 cm³/mol. The minimum Gasteiger partial charge on any atom is -0.462 e. The lowest BCUT2D eigenvalue weighted by atomic mass is 10.3. The lowest BCUT2D eigenvalue weighted by Crippen LogP contribution is -2.30. The first-order valence-electron chi connectivity index (χ1n) is 4.68. The molecule has 0 aliphatic heterocycles. The molecule has 0 spiro atoms. The average Bonchev–Trinajstić information content (AvgIpc) is 2.44. The Hall–Kier alpha value is -2.13. The third-order valence-electron chi connectivity index (χ3n) is 2.18. The molecule has 2 atom stereocenters. The molecule has 1 fully saturated rings. The van der Waals surface area contributed by atoms with Crippen LogP contribution in [0.15, 0.2) is 0 Å². The molecule has 1 aliphatic rings. The van der Waals surface area contributed by atoms with Gasteiger partial charge in [0.05, 0.1) is 0 Å². The van der Waals surface area contributed by atoms with Crippen molar-refractivity contribution in [2.45, 2.75) is 38.1 Å². The molecule has 1 saturated carbocycles. The van der Waals surface area contributed by atoms with Crippen LogP contribution in [0.4, 0.5) is 0 Å². The van der Waals surface area contributed by atoms with Crippen LogP contribution in [-0.4, -0.2) is 34.5 Å².